The zero-order valence-electron chi connectivity index (χ0n) is 11.4. The van der Waals surface area contributed by atoms with Crippen LogP contribution in [0.1, 0.15) is 31.5 Å². The summed E-state index contributed by atoms with van der Waals surface area (Å²) < 4.78 is 0. The molecular weight excluding hydrogens is 262 g/mol. The number of rotatable bonds is 4. The molecule has 0 spiro atoms. The molecule has 0 bridgehead atoms. The Labute approximate surface area is 116 Å². The number of aliphatic carboxylic acids is 1. The topological polar surface area (TPSA) is 111 Å². The highest BCUT2D eigenvalue weighted by Crippen LogP contribution is 2.24. The number of carbonyl (C=O) groups excluding carboxylic acids is 1. The van der Waals surface area contributed by atoms with Crippen molar-refractivity contribution in [2.75, 3.05) is 7.05 Å². The predicted octanol–water partition coefficient (Wildman–Crippen LogP) is 0.589. The van der Waals surface area contributed by atoms with Crippen LogP contribution < -0.4 is 5.32 Å². The molecule has 20 heavy (non-hydrogen) atoms. The highest BCUT2D eigenvalue weighted by atomic mass is 16.4. The van der Waals surface area contributed by atoms with Gasteiger partial charge in [-0.1, -0.05) is 12.8 Å². The van der Waals surface area contributed by atoms with Crippen LogP contribution in [-0.2, 0) is 11.3 Å². The normalized spacial score (nSPS) is 22.2. The molecule has 3 N–H and O–H groups in total. The third-order valence-electron chi connectivity index (χ3n) is 3.59. The van der Waals surface area contributed by atoms with Crippen LogP contribution in [0, 0.1) is 5.92 Å². The van der Waals surface area contributed by atoms with Gasteiger partial charge in [-0.3, -0.25) is 9.89 Å². The minimum absolute atomic E-state index is 0.292. The van der Waals surface area contributed by atoms with E-state index < -0.39 is 11.9 Å². The zero-order chi connectivity index (χ0) is 14.5. The van der Waals surface area contributed by atoms with Gasteiger partial charge in [0.25, 0.3) is 0 Å². The Hall–Kier alpha value is -2.12. The molecular formula is C12H19N5O3. The van der Waals surface area contributed by atoms with Gasteiger partial charge in [-0.15, -0.1) is 0 Å². The number of carboxylic acids is 1. The third-order valence-corrected chi connectivity index (χ3v) is 3.59. The smallest absolute Gasteiger partial charge is 0.317 e. The lowest BCUT2D eigenvalue weighted by molar-refractivity contribution is -0.143. The Morgan fingerprint density at radius 1 is 1.50 bits per heavy atom. The molecule has 0 aliphatic heterocycles. The van der Waals surface area contributed by atoms with E-state index in [1.807, 2.05) is 0 Å². The fourth-order valence-corrected chi connectivity index (χ4v) is 2.47. The van der Waals surface area contributed by atoms with Gasteiger partial charge in [-0.05, 0) is 12.8 Å². The SMILES string of the molecule is CN(Cc1ncn[nH]1)C(=O)NC1CCCCC1C(=O)O. The first kappa shape index (κ1) is 14.3. The summed E-state index contributed by atoms with van der Waals surface area (Å²) >= 11 is 0. The summed E-state index contributed by atoms with van der Waals surface area (Å²) in [5.41, 5.74) is 0. The van der Waals surface area contributed by atoms with Crippen molar-refractivity contribution in [1.29, 1.82) is 0 Å². The second kappa shape index (κ2) is 6.36. The van der Waals surface area contributed by atoms with Gasteiger partial charge >= 0.3 is 12.0 Å². The number of hydrogen-bond acceptors (Lipinski definition) is 4. The molecule has 8 heteroatoms. The fraction of sp³-hybridized carbons (Fsp3) is 0.667. The molecule has 1 heterocycles. The van der Waals surface area contributed by atoms with E-state index in [4.69, 9.17) is 0 Å². The van der Waals surface area contributed by atoms with Crippen LogP contribution in [-0.4, -0.2) is 50.3 Å². The van der Waals surface area contributed by atoms with Crippen molar-refractivity contribution in [2.45, 2.75) is 38.3 Å². The van der Waals surface area contributed by atoms with Gasteiger partial charge in [0.1, 0.15) is 12.2 Å². The summed E-state index contributed by atoms with van der Waals surface area (Å²) in [5.74, 6) is -0.750. The van der Waals surface area contributed by atoms with E-state index in [0.29, 0.717) is 25.2 Å². The maximum Gasteiger partial charge on any atom is 0.317 e. The summed E-state index contributed by atoms with van der Waals surface area (Å²) in [5, 5.41) is 18.4. The number of nitrogens with one attached hydrogen (secondary N) is 2. The highest BCUT2D eigenvalue weighted by molar-refractivity contribution is 5.76. The van der Waals surface area contributed by atoms with Crippen LogP contribution in [0.3, 0.4) is 0 Å². The number of aromatic amines is 1. The molecule has 1 aromatic rings. The van der Waals surface area contributed by atoms with Crippen LogP contribution in [0.25, 0.3) is 0 Å². The van der Waals surface area contributed by atoms with Gasteiger partial charge in [0.2, 0.25) is 0 Å². The fourth-order valence-electron chi connectivity index (χ4n) is 2.47. The number of aromatic nitrogens is 3. The molecule has 1 aromatic heterocycles. The first-order valence-electron chi connectivity index (χ1n) is 6.66. The highest BCUT2D eigenvalue weighted by Gasteiger charge is 2.32. The van der Waals surface area contributed by atoms with Crippen LogP contribution in [0.4, 0.5) is 4.79 Å². The molecule has 1 fully saturated rings. The molecule has 0 radical (unpaired) electrons. The van der Waals surface area contributed by atoms with Crippen molar-refractivity contribution in [3.05, 3.63) is 12.2 Å². The zero-order valence-corrected chi connectivity index (χ0v) is 11.4. The number of carboxylic acid groups (broad SMARTS) is 1. The number of H-pyrrole nitrogens is 1. The second-order valence-electron chi connectivity index (χ2n) is 5.07. The molecule has 2 rings (SSSR count). The van der Waals surface area contributed by atoms with Gasteiger partial charge in [0.05, 0.1) is 12.5 Å². The van der Waals surface area contributed by atoms with E-state index in [9.17, 15) is 14.7 Å². The molecule has 1 aliphatic rings. The summed E-state index contributed by atoms with van der Waals surface area (Å²) in [7, 11) is 1.64. The van der Waals surface area contributed by atoms with Crippen molar-refractivity contribution >= 4 is 12.0 Å². The average Bonchev–Trinajstić information content (AvgIpc) is 2.91. The molecule has 1 aliphatic carbocycles. The van der Waals surface area contributed by atoms with Crippen molar-refractivity contribution in [3.8, 4) is 0 Å². The lowest BCUT2D eigenvalue weighted by Gasteiger charge is -2.30. The second-order valence-corrected chi connectivity index (χ2v) is 5.07. The van der Waals surface area contributed by atoms with Gasteiger partial charge in [-0.25, -0.2) is 9.78 Å². The molecule has 8 nitrogen and oxygen atoms in total. The number of hydrogen-bond donors (Lipinski definition) is 3. The number of urea groups is 1. The van der Waals surface area contributed by atoms with E-state index in [-0.39, 0.29) is 12.1 Å². The molecule has 2 atom stereocenters. The first-order valence-corrected chi connectivity index (χ1v) is 6.66. The molecule has 2 unspecified atom stereocenters. The Balaban J connectivity index is 1.90. The molecule has 1 saturated carbocycles. The van der Waals surface area contributed by atoms with Gasteiger partial charge in [0, 0.05) is 13.1 Å². The Morgan fingerprint density at radius 2 is 2.25 bits per heavy atom. The average molecular weight is 281 g/mol. The van der Waals surface area contributed by atoms with E-state index >= 15 is 0 Å². The summed E-state index contributed by atoms with van der Waals surface area (Å²) in [6.07, 6.45) is 4.55. The summed E-state index contributed by atoms with van der Waals surface area (Å²) in [6.45, 7) is 0.302. The number of nitrogens with zero attached hydrogens (tertiary/aromatic N) is 3. The van der Waals surface area contributed by atoms with Crippen molar-refractivity contribution < 1.29 is 14.7 Å². The van der Waals surface area contributed by atoms with E-state index in [0.717, 1.165) is 12.8 Å². The van der Waals surface area contributed by atoms with E-state index in [2.05, 4.69) is 20.5 Å². The molecule has 110 valence electrons. The maximum absolute atomic E-state index is 12.1. The van der Waals surface area contributed by atoms with Crippen molar-refractivity contribution in [3.63, 3.8) is 0 Å². The predicted molar refractivity (Wildman–Crippen MR) is 69.8 cm³/mol. The Morgan fingerprint density at radius 3 is 2.90 bits per heavy atom. The van der Waals surface area contributed by atoms with Crippen LogP contribution in [0.15, 0.2) is 6.33 Å². The molecule has 2 amide bonds. The van der Waals surface area contributed by atoms with E-state index in [1.165, 1.54) is 11.2 Å². The monoisotopic (exact) mass is 281 g/mol. The largest absolute Gasteiger partial charge is 0.481 e. The standard InChI is InChI=1S/C12H19N5O3/c1-17(6-10-13-7-14-16-10)12(20)15-9-5-3-2-4-8(9)11(18)19/h7-9H,2-6H2,1H3,(H,15,20)(H,18,19)(H,13,14,16). The van der Waals surface area contributed by atoms with Gasteiger partial charge < -0.3 is 15.3 Å². The van der Waals surface area contributed by atoms with Crippen LogP contribution in [0.2, 0.25) is 0 Å². The third kappa shape index (κ3) is 3.46. The van der Waals surface area contributed by atoms with Crippen molar-refractivity contribution in [2.24, 2.45) is 5.92 Å². The van der Waals surface area contributed by atoms with Crippen LogP contribution >= 0.6 is 0 Å². The Bertz CT molecular complexity index is 462. The minimum Gasteiger partial charge on any atom is -0.481 e. The molecule has 0 saturated heterocycles. The first-order chi connectivity index (χ1) is 9.58. The lowest BCUT2D eigenvalue weighted by atomic mass is 9.84. The van der Waals surface area contributed by atoms with Gasteiger partial charge in [0.15, 0.2) is 0 Å². The quantitative estimate of drug-likeness (QED) is 0.748. The summed E-state index contributed by atoms with van der Waals surface area (Å²) in [6, 6.07) is -0.592. The van der Waals surface area contributed by atoms with Crippen LogP contribution in [0.5, 0.6) is 0 Å². The Kier molecular flexibility index (Phi) is 4.54. The maximum atomic E-state index is 12.1. The molecule has 0 aromatic carbocycles. The minimum atomic E-state index is -0.840. The van der Waals surface area contributed by atoms with Gasteiger partial charge in [-0.2, -0.15) is 5.10 Å². The van der Waals surface area contributed by atoms with E-state index in [1.54, 1.807) is 7.05 Å². The number of amides is 2. The summed E-state index contributed by atoms with van der Waals surface area (Å²) in [4.78, 5) is 28.6. The lowest BCUT2D eigenvalue weighted by Crippen LogP contribution is -2.49. The number of carbonyl (C=O) groups is 2. The van der Waals surface area contributed by atoms with Crippen molar-refractivity contribution in [1.82, 2.24) is 25.4 Å².